The first kappa shape index (κ1) is 14.2. The molecule has 0 aliphatic rings. The topological polar surface area (TPSA) is 12.0 Å². The molecular weight excluding hydrogens is 206 g/mol. The first-order valence-corrected chi connectivity index (χ1v) is 6.71. The molecule has 0 bridgehead atoms. The summed E-state index contributed by atoms with van der Waals surface area (Å²) in [6, 6.07) is 6.76. The molecule has 0 unspecified atom stereocenters. The van der Waals surface area contributed by atoms with Crippen molar-refractivity contribution < 1.29 is 0 Å². The molecule has 1 N–H and O–H groups in total. The van der Waals surface area contributed by atoms with Crippen LogP contribution in [0.3, 0.4) is 0 Å². The van der Waals surface area contributed by atoms with E-state index in [0.717, 1.165) is 19.5 Å². The van der Waals surface area contributed by atoms with Gasteiger partial charge in [0.05, 0.1) is 0 Å². The Morgan fingerprint density at radius 1 is 1.18 bits per heavy atom. The summed E-state index contributed by atoms with van der Waals surface area (Å²) < 4.78 is 0. The molecule has 17 heavy (non-hydrogen) atoms. The fourth-order valence-corrected chi connectivity index (χ4v) is 2.17. The number of hydrogen-bond donors (Lipinski definition) is 1. The SMILES string of the molecule is CCCNCC(C)(C)Cc1cc(C)ccc1C. The summed E-state index contributed by atoms with van der Waals surface area (Å²) in [6.07, 6.45) is 2.36. The van der Waals surface area contributed by atoms with Crippen molar-refractivity contribution in [1.82, 2.24) is 5.32 Å². The van der Waals surface area contributed by atoms with Gasteiger partial charge in [0.1, 0.15) is 0 Å². The van der Waals surface area contributed by atoms with E-state index in [1.54, 1.807) is 0 Å². The molecule has 0 saturated heterocycles. The van der Waals surface area contributed by atoms with Gasteiger partial charge in [-0.3, -0.25) is 0 Å². The lowest BCUT2D eigenvalue weighted by molar-refractivity contribution is 0.338. The number of hydrogen-bond acceptors (Lipinski definition) is 1. The Morgan fingerprint density at radius 2 is 1.88 bits per heavy atom. The summed E-state index contributed by atoms with van der Waals surface area (Å²) in [4.78, 5) is 0. The van der Waals surface area contributed by atoms with Crippen molar-refractivity contribution >= 4 is 0 Å². The van der Waals surface area contributed by atoms with Crippen LogP contribution >= 0.6 is 0 Å². The molecule has 0 saturated carbocycles. The molecule has 0 aliphatic heterocycles. The Morgan fingerprint density at radius 3 is 2.53 bits per heavy atom. The van der Waals surface area contributed by atoms with Crippen molar-refractivity contribution in [2.45, 2.75) is 47.5 Å². The monoisotopic (exact) mass is 233 g/mol. The Bertz CT molecular complexity index is 353. The van der Waals surface area contributed by atoms with Crippen molar-refractivity contribution in [1.29, 1.82) is 0 Å². The quantitative estimate of drug-likeness (QED) is 0.735. The second kappa shape index (κ2) is 6.20. The molecule has 1 aromatic rings. The van der Waals surface area contributed by atoms with Gasteiger partial charge in [0, 0.05) is 6.54 Å². The molecular formula is C16H27N. The summed E-state index contributed by atoms with van der Waals surface area (Å²) in [6.45, 7) is 13.5. The average molecular weight is 233 g/mol. The van der Waals surface area contributed by atoms with Crippen LogP contribution in [0.5, 0.6) is 0 Å². The Labute approximate surface area is 107 Å². The maximum atomic E-state index is 3.53. The van der Waals surface area contributed by atoms with Crippen LogP contribution in [0.15, 0.2) is 18.2 Å². The van der Waals surface area contributed by atoms with Crippen LogP contribution < -0.4 is 5.32 Å². The van der Waals surface area contributed by atoms with Crippen LogP contribution in [0, 0.1) is 19.3 Å². The van der Waals surface area contributed by atoms with Crippen LogP contribution in [0.1, 0.15) is 43.9 Å². The minimum atomic E-state index is 0.327. The predicted octanol–water partition coefficient (Wildman–Crippen LogP) is 3.87. The van der Waals surface area contributed by atoms with Crippen LogP contribution in [0.4, 0.5) is 0 Å². The normalized spacial score (nSPS) is 11.8. The lowest BCUT2D eigenvalue weighted by Crippen LogP contribution is -2.31. The standard InChI is InChI=1S/C16H27N/c1-6-9-17-12-16(4,5)11-15-10-13(2)7-8-14(15)3/h7-8,10,17H,6,9,11-12H2,1-5H3. The molecule has 0 atom stereocenters. The summed E-state index contributed by atoms with van der Waals surface area (Å²) in [5.41, 5.74) is 4.60. The van der Waals surface area contributed by atoms with E-state index in [1.807, 2.05) is 0 Å². The highest BCUT2D eigenvalue weighted by molar-refractivity contribution is 5.31. The maximum Gasteiger partial charge on any atom is 0.000570 e. The van der Waals surface area contributed by atoms with Gasteiger partial charge in [-0.1, -0.05) is 44.5 Å². The third kappa shape index (κ3) is 4.91. The average Bonchev–Trinajstić information content (AvgIpc) is 2.23. The lowest BCUT2D eigenvalue weighted by atomic mass is 9.84. The predicted molar refractivity (Wildman–Crippen MR) is 76.6 cm³/mol. The van der Waals surface area contributed by atoms with Crippen molar-refractivity contribution in [3.63, 3.8) is 0 Å². The van der Waals surface area contributed by atoms with Crippen molar-refractivity contribution in [2.75, 3.05) is 13.1 Å². The van der Waals surface area contributed by atoms with Crippen LogP contribution in [0.2, 0.25) is 0 Å². The zero-order valence-corrected chi connectivity index (χ0v) is 12.1. The Hall–Kier alpha value is -0.820. The fraction of sp³-hybridized carbons (Fsp3) is 0.625. The minimum absolute atomic E-state index is 0.327. The first-order valence-electron chi connectivity index (χ1n) is 6.71. The zero-order valence-electron chi connectivity index (χ0n) is 12.1. The first-order chi connectivity index (χ1) is 7.94. The van der Waals surface area contributed by atoms with Gasteiger partial charge in [0.2, 0.25) is 0 Å². The van der Waals surface area contributed by atoms with E-state index in [2.05, 4.69) is 58.1 Å². The van der Waals surface area contributed by atoms with Crippen molar-refractivity contribution in [3.8, 4) is 0 Å². The van der Waals surface area contributed by atoms with Crippen LogP contribution in [0.25, 0.3) is 0 Å². The molecule has 96 valence electrons. The van der Waals surface area contributed by atoms with Gasteiger partial charge in [-0.2, -0.15) is 0 Å². The highest BCUT2D eigenvalue weighted by atomic mass is 14.9. The molecule has 1 rings (SSSR count). The highest BCUT2D eigenvalue weighted by Crippen LogP contribution is 2.23. The fourth-order valence-electron chi connectivity index (χ4n) is 2.17. The summed E-state index contributed by atoms with van der Waals surface area (Å²) in [5.74, 6) is 0. The second-order valence-electron chi connectivity index (χ2n) is 5.95. The molecule has 0 aromatic heterocycles. The van der Waals surface area contributed by atoms with Crippen molar-refractivity contribution in [3.05, 3.63) is 34.9 Å². The van der Waals surface area contributed by atoms with Gasteiger partial charge < -0.3 is 5.32 Å². The number of aryl methyl sites for hydroxylation is 2. The molecule has 0 spiro atoms. The molecule has 0 aliphatic carbocycles. The van der Waals surface area contributed by atoms with Gasteiger partial charge in [0.15, 0.2) is 0 Å². The van der Waals surface area contributed by atoms with Gasteiger partial charge in [0.25, 0.3) is 0 Å². The van der Waals surface area contributed by atoms with E-state index in [0.29, 0.717) is 5.41 Å². The van der Waals surface area contributed by atoms with Gasteiger partial charge in [-0.25, -0.2) is 0 Å². The summed E-state index contributed by atoms with van der Waals surface area (Å²) in [5, 5.41) is 3.53. The smallest absolute Gasteiger partial charge is 0.000570 e. The lowest BCUT2D eigenvalue weighted by Gasteiger charge is -2.26. The summed E-state index contributed by atoms with van der Waals surface area (Å²) >= 11 is 0. The molecule has 0 amide bonds. The second-order valence-corrected chi connectivity index (χ2v) is 5.95. The number of nitrogens with one attached hydrogen (secondary N) is 1. The molecule has 0 radical (unpaired) electrons. The largest absolute Gasteiger partial charge is 0.316 e. The van der Waals surface area contributed by atoms with E-state index in [4.69, 9.17) is 0 Å². The zero-order chi connectivity index (χ0) is 12.9. The molecule has 0 fully saturated rings. The summed E-state index contributed by atoms with van der Waals surface area (Å²) in [7, 11) is 0. The Balaban J connectivity index is 2.65. The van der Waals surface area contributed by atoms with Crippen molar-refractivity contribution in [2.24, 2.45) is 5.41 Å². The van der Waals surface area contributed by atoms with E-state index in [1.165, 1.54) is 23.1 Å². The number of rotatable bonds is 6. The number of benzene rings is 1. The third-order valence-electron chi connectivity index (χ3n) is 3.20. The molecule has 0 heterocycles. The van der Waals surface area contributed by atoms with E-state index < -0.39 is 0 Å². The highest BCUT2D eigenvalue weighted by Gasteiger charge is 2.18. The van der Waals surface area contributed by atoms with E-state index >= 15 is 0 Å². The van der Waals surface area contributed by atoms with Gasteiger partial charge in [-0.05, 0) is 49.8 Å². The van der Waals surface area contributed by atoms with Gasteiger partial charge in [-0.15, -0.1) is 0 Å². The third-order valence-corrected chi connectivity index (χ3v) is 3.20. The molecule has 1 aromatic carbocycles. The molecule has 1 heteroatoms. The molecule has 1 nitrogen and oxygen atoms in total. The van der Waals surface area contributed by atoms with Gasteiger partial charge >= 0.3 is 0 Å². The minimum Gasteiger partial charge on any atom is -0.316 e. The van der Waals surface area contributed by atoms with Crippen LogP contribution in [-0.2, 0) is 6.42 Å². The van der Waals surface area contributed by atoms with E-state index in [-0.39, 0.29) is 0 Å². The maximum absolute atomic E-state index is 3.53. The van der Waals surface area contributed by atoms with Crippen LogP contribution in [-0.4, -0.2) is 13.1 Å². The Kier molecular flexibility index (Phi) is 5.20. The van der Waals surface area contributed by atoms with E-state index in [9.17, 15) is 0 Å².